The average Bonchev–Trinajstić information content (AvgIpc) is 1.97. The van der Waals surface area contributed by atoms with Gasteiger partial charge in [0.15, 0.2) is 0 Å². The summed E-state index contributed by atoms with van der Waals surface area (Å²) in [5.41, 5.74) is 0. The van der Waals surface area contributed by atoms with Gasteiger partial charge in [0.25, 0.3) is 7.44 Å². The maximum atomic E-state index is 11.9. The largest absolute Gasteiger partial charge is 0.412 e. The third-order valence-corrected chi connectivity index (χ3v) is 6.96. The van der Waals surface area contributed by atoms with Crippen LogP contribution in [-0.4, -0.2) is 51.5 Å². The summed E-state index contributed by atoms with van der Waals surface area (Å²) in [7, 11) is -2.44. The highest BCUT2D eigenvalue weighted by Crippen LogP contribution is 2.58. The van der Waals surface area contributed by atoms with Crippen molar-refractivity contribution in [2.24, 2.45) is 4.52 Å². The van der Waals surface area contributed by atoms with Crippen molar-refractivity contribution in [1.82, 2.24) is 4.67 Å². The van der Waals surface area contributed by atoms with Crippen LogP contribution in [0.4, 0.5) is 13.2 Å². The first-order valence-electron chi connectivity index (χ1n) is 4.41. The van der Waals surface area contributed by atoms with Gasteiger partial charge >= 0.3 is 6.18 Å². The van der Waals surface area contributed by atoms with Crippen molar-refractivity contribution in [3.8, 4) is 0 Å². The summed E-state index contributed by atoms with van der Waals surface area (Å²) < 4.78 is 57.7. The standard InChI is InChI=1S/C7H17F3N2O2P2/c1-12(2)16(5,13)11-15(3,4)14-6-7(8,9)10/h6H2,1-5H3. The SMILES string of the molecule is CN(C)P(C)(=O)N=P(C)(C)OCC(F)(F)F. The molecule has 0 rings (SSSR count). The fourth-order valence-electron chi connectivity index (χ4n) is 0.737. The second-order valence-electron chi connectivity index (χ2n) is 3.95. The summed E-state index contributed by atoms with van der Waals surface area (Å²) >= 11 is 0. The molecule has 0 N–H and O–H groups in total. The number of alkyl halides is 3. The molecule has 1 unspecified atom stereocenters. The van der Waals surface area contributed by atoms with Crippen molar-refractivity contribution in [1.29, 1.82) is 0 Å². The number of hydrogen-bond donors (Lipinski definition) is 0. The number of nitrogens with zero attached hydrogens (tertiary/aromatic N) is 2. The lowest BCUT2D eigenvalue weighted by atomic mass is 10.7. The Morgan fingerprint density at radius 1 is 1.25 bits per heavy atom. The van der Waals surface area contributed by atoms with E-state index in [1.165, 1.54) is 24.7 Å². The summed E-state index contributed by atoms with van der Waals surface area (Å²) in [5.74, 6) is 0. The van der Waals surface area contributed by atoms with Crippen molar-refractivity contribution in [3.63, 3.8) is 0 Å². The van der Waals surface area contributed by atoms with Gasteiger partial charge in [-0.2, -0.15) is 13.2 Å². The molecule has 0 aromatic carbocycles. The molecule has 98 valence electrons. The Morgan fingerprint density at radius 2 is 1.69 bits per heavy atom. The minimum atomic E-state index is -4.39. The predicted molar refractivity (Wildman–Crippen MR) is 60.4 cm³/mol. The first-order chi connectivity index (χ1) is 6.86. The zero-order chi connectivity index (χ0) is 13.2. The van der Waals surface area contributed by atoms with Crippen LogP contribution in [0.1, 0.15) is 0 Å². The maximum absolute atomic E-state index is 11.9. The molecule has 0 amide bonds. The molecule has 9 heteroatoms. The fraction of sp³-hybridized carbons (Fsp3) is 1.00. The third kappa shape index (κ3) is 6.69. The van der Waals surface area contributed by atoms with Crippen LogP contribution in [-0.2, 0) is 9.09 Å². The first-order valence-corrected chi connectivity index (χ1v) is 9.02. The Balaban J connectivity index is 4.79. The van der Waals surface area contributed by atoms with Gasteiger partial charge in [0.2, 0.25) is 0 Å². The van der Waals surface area contributed by atoms with Crippen LogP contribution in [0.25, 0.3) is 0 Å². The molecule has 0 spiro atoms. The van der Waals surface area contributed by atoms with Crippen LogP contribution in [0, 0.1) is 0 Å². The summed E-state index contributed by atoms with van der Waals surface area (Å²) in [6, 6.07) is 0. The zero-order valence-electron chi connectivity index (χ0n) is 9.95. The molecule has 0 saturated carbocycles. The van der Waals surface area contributed by atoms with Gasteiger partial charge in [-0.25, -0.2) is 9.19 Å². The topological polar surface area (TPSA) is 41.9 Å². The summed E-state index contributed by atoms with van der Waals surface area (Å²) in [6.07, 6.45) is -4.39. The molecule has 16 heavy (non-hydrogen) atoms. The van der Waals surface area contributed by atoms with E-state index in [1.54, 1.807) is 14.1 Å². The van der Waals surface area contributed by atoms with Crippen molar-refractivity contribution in [3.05, 3.63) is 0 Å². The molecule has 0 bridgehead atoms. The van der Waals surface area contributed by atoms with Gasteiger partial charge in [-0.05, 0) is 27.4 Å². The van der Waals surface area contributed by atoms with E-state index in [1.807, 2.05) is 0 Å². The van der Waals surface area contributed by atoms with Crippen LogP contribution in [0.3, 0.4) is 0 Å². The molecule has 0 aromatic rings. The minimum Gasteiger partial charge on any atom is -0.335 e. The molecule has 0 aliphatic heterocycles. The smallest absolute Gasteiger partial charge is 0.335 e. The van der Waals surface area contributed by atoms with Crippen LogP contribution in [0.15, 0.2) is 4.52 Å². The predicted octanol–water partition coefficient (Wildman–Crippen LogP) is 3.33. The van der Waals surface area contributed by atoms with E-state index in [-0.39, 0.29) is 0 Å². The van der Waals surface area contributed by atoms with Gasteiger partial charge < -0.3 is 4.52 Å². The second kappa shape index (κ2) is 5.21. The first kappa shape index (κ1) is 16.2. The lowest BCUT2D eigenvalue weighted by Crippen LogP contribution is -2.15. The lowest BCUT2D eigenvalue weighted by molar-refractivity contribution is -0.152. The van der Waals surface area contributed by atoms with E-state index in [9.17, 15) is 17.7 Å². The van der Waals surface area contributed by atoms with Crippen LogP contribution < -0.4 is 0 Å². The van der Waals surface area contributed by atoms with Crippen molar-refractivity contribution in [2.45, 2.75) is 6.18 Å². The number of halogens is 3. The second-order valence-corrected chi connectivity index (χ2v) is 9.99. The van der Waals surface area contributed by atoms with Crippen molar-refractivity contribution >= 4 is 14.7 Å². The number of rotatable bonds is 4. The third-order valence-electron chi connectivity index (χ3n) is 1.67. The molecule has 0 aliphatic carbocycles. The Hall–Kier alpha value is 0.170. The Kier molecular flexibility index (Phi) is 5.27. The monoisotopic (exact) mass is 280 g/mol. The summed E-state index contributed by atoms with van der Waals surface area (Å²) in [5, 5.41) is 0. The molecule has 0 fully saturated rings. The Bertz CT molecular complexity index is 335. The highest BCUT2D eigenvalue weighted by molar-refractivity contribution is 7.71. The Labute approximate surface area is 93.8 Å². The Morgan fingerprint density at radius 3 is 2.00 bits per heavy atom. The van der Waals surface area contributed by atoms with E-state index in [4.69, 9.17) is 4.52 Å². The normalized spacial score (nSPS) is 17.3. The molecular formula is C7H17F3N2O2P2. The molecular weight excluding hydrogens is 263 g/mol. The van der Waals surface area contributed by atoms with Gasteiger partial charge in [0.05, 0.1) is 7.28 Å². The van der Waals surface area contributed by atoms with Crippen molar-refractivity contribution in [2.75, 3.05) is 40.7 Å². The molecule has 0 aliphatic rings. The van der Waals surface area contributed by atoms with Crippen LogP contribution in [0.5, 0.6) is 0 Å². The highest BCUT2D eigenvalue weighted by Gasteiger charge is 2.30. The van der Waals surface area contributed by atoms with Crippen LogP contribution >= 0.6 is 14.7 Å². The minimum absolute atomic E-state index is 1.36. The summed E-state index contributed by atoms with van der Waals surface area (Å²) in [6.45, 7) is 2.95. The zero-order valence-corrected chi connectivity index (χ0v) is 11.7. The maximum Gasteiger partial charge on any atom is 0.412 e. The molecule has 4 nitrogen and oxygen atoms in total. The van der Waals surface area contributed by atoms with Crippen molar-refractivity contribution < 1.29 is 22.3 Å². The highest BCUT2D eigenvalue weighted by atomic mass is 31.2. The fourth-order valence-corrected chi connectivity index (χ4v) is 5.24. The van der Waals surface area contributed by atoms with E-state index in [2.05, 4.69) is 4.52 Å². The van der Waals surface area contributed by atoms with E-state index in [0.29, 0.717) is 0 Å². The van der Waals surface area contributed by atoms with E-state index >= 15 is 0 Å². The molecule has 0 heterocycles. The van der Waals surface area contributed by atoms with E-state index in [0.717, 1.165) is 0 Å². The van der Waals surface area contributed by atoms with Gasteiger partial charge in [-0.1, -0.05) is 0 Å². The van der Waals surface area contributed by atoms with E-state index < -0.39 is 27.5 Å². The lowest BCUT2D eigenvalue weighted by Gasteiger charge is -2.22. The van der Waals surface area contributed by atoms with Gasteiger partial charge in [-0.15, -0.1) is 0 Å². The van der Waals surface area contributed by atoms with Crippen LogP contribution in [0.2, 0.25) is 0 Å². The summed E-state index contributed by atoms with van der Waals surface area (Å²) in [4.78, 5) is 0. The number of hydrogen-bond acceptors (Lipinski definition) is 2. The molecule has 0 radical (unpaired) electrons. The molecule has 0 saturated heterocycles. The molecule has 1 atom stereocenters. The average molecular weight is 280 g/mol. The van der Waals surface area contributed by atoms with Gasteiger partial charge in [-0.3, -0.25) is 4.57 Å². The van der Waals surface area contributed by atoms with Gasteiger partial charge in [0, 0.05) is 6.66 Å². The quantitative estimate of drug-likeness (QED) is 0.742. The van der Waals surface area contributed by atoms with Gasteiger partial charge in [0.1, 0.15) is 6.61 Å². The molecule has 0 aromatic heterocycles.